The number of pyridine rings is 1. The van der Waals surface area contributed by atoms with Gasteiger partial charge in [0.1, 0.15) is 12.2 Å². The van der Waals surface area contributed by atoms with E-state index in [-0.39, 0.29) is 23.6 Å². The Morgan fingerprint density at radius 2 is 2.00 bits per heavy atom. The van der Waals surface area contributed by atoms with Crippen molar-refractivity contribution in [2.75, 3.05) is 0 Å². The number of para-hydroxylation sites is 2. The van der Waals surface area contributed by atoms with E-state index in [4.69, 9.17) is 9.84 Å². The topological polar surface area (TPSA) is 97.0 Å². The number of hydrogen-bond acceptors (Lipinski definition) is 5. The summed E-state index contributed by atoms with van der Waals surface area (Å²) in [6, 6.07) is 9.62. The molecule has 2 aromatic heterocycles. The maximum atomic E-state index is 11.1. The monoisotopic (exact) mass is 285 g/mol. The zero-order valence-electron chi connectivity index (χ0n) is 10.8. The molecule has 0 atom stereocenters. The number of benzene rings is 1. The zero-order valence-corrected chi connectivity index (χ0v) is 10.8. The highest BCUT2D eigenvalue weighted by Crippen LogP contribution is 2.25. The highest BCUT2D eigenvalue weighted by atomic mass is 16.5. The zero-order chi connectivity index (χ0) is 14.8. The molecule has 0 aliphatic heterocycles. The van der Waals surface area contributed by atoms with E-state index in [2.05, 4.69) is 10.2 Å². The number of carbonyl (C=O) groups is 1. The van der Waals surface area contributed by atoms with E-state index >= 15 is 0 Å². The Hall–Kier alpha value is -3.09. The van der Waals surface area contributed by atoms with Crippen LogP contribution < -0.4 is 4.74 Å². The largest absolute Gasteiger partial charge is 0.504 e. The number of phenols is 1. The number of nitrogens with zero attached hydrogens (tertiary/aromatic N) is 3. The van der Waals surface area contributed by atoms with Crippen molar-refractivity contribution in [2.24, 2.45) is 0 Å². The summed E-state index contributed by atoms with van der Waals surface area (Å²) in [6.45, 7) is 0.0574. The van der Waals surface area contributed by atoms with Crippen LogP contribution in [0.1, 0.15) is 16.2 Å². The van der Waals surface area contributed by atoms with Gasteiger partial charge >= 0.3 is 5.97 Å². The first-order valence-corrected chi connectivity index (χ1v) is 6.13. The molecule has 0 radical (unpaired) electrons. The predicted molar refractivity (Wildman–Crippen MR) is 72.4 cm³/mol. The first kappa shape index (κ1) is 12.9. The van der Waals surface area contributed by atoms with Gasteiger partial charge < -0.3 is 14.9 Å². The lowest BCUT2D eigenvalue weighted by Gasteiger charge is -2.06. The number of aromatic carboxylic acids is 1. The van der Waals surface area contributed by atoms with Gasteiger partial charge in [-0.3, -0.25) is 4.40 Å². The first-order chi connectivity index (χ1) is 10.2. The van der Waals surface area contributed by atoms with E-state index in [9.17, 15) is 9.90 Å². The number of phenolic OH excluding ortho intramolecular Hbond substituents is 1. The average molecular weight is 285 g/mol. The van der Waals surface area contributed by atoms with Crippen LogP contribution >= 0.6 is 0 Å². The Labute approximate surface area is 119 Å². The van der Waals surface area contributed by atoms with Gasteiger partial charge in [-0.1, -0.05) is 12.1 Å². The minimum Gasteiger partial charge on any atom is -0.504 e. The van der Waals surface area contributed by atoms with Crippen LogP contribution in [0.3, 0.4) is 0 Å². The molecule has 7 heteroatoms. The molecule has 21 heavy (non-hydrogen) atoms. The molecule has 0 aliphatic carbocycles. The van der Waals surface area contributed by atoms with Gasteiger partial charge in [-0.2, -0.15) is 0 Å². The molecule has 106 valence electrons. The van der Waals surface area contributed by atoms with E-state index in [1.165, 1.54) is 12.1 Å². The number of ether oxygens (including phenoxy) is 1. The predicted octanol–water partition coefficient (Wildman–Crippen LogP) is 1.71. The number of carboxylic acids is 1. The molecule has 0 fully saturated rings. The molecular formula is C14H11N3O4. The Bertz CT molecular complexity index is 813. The number of aromatic hydroxyl groups is 1. The van der Waals surface area contributed by atoms with E-state index in [0.29, 0.717) is 11.6 Å². The molecular weight excluding hydrogens is 274 g/mol. The van der Waals surface area contributed by atoms with Gasteiger partial charge in [0.2, 0.25) is 0 Å². The maximum Gasteiger partial charge on any atom is 0.339 e. The van der Waals surface area contributed by atoms with Crippen LogP contribution in [-0.2, 0) is 6.61 Å². The molecule has 3 aromatic rings. The van der Waals surface area contributed by atoms with Crippen LogP contribution in [0.5, 0.6) is 11.5 Å². The van der Waals surface area contributed by atoms with Crippen molar-refractivity contribution in [3.8, 4) is 11.5 Å². The fourth-order valence-corrected chi connectivity index (χ4v) is 1.95. The first-order valence-electron chi connectivity index (χ1n) is 6.13. The third-order valence-electron chi connectivity index (χ3n) is 2.96. The number of aromatic nitrogens is 3. The summed E-state index contributed by atoms with van der Waals surface area (Å²) in [4.78, 5) is 11.1. The Kier molecular flexibility index (Phi) is 3.15. The van der Waals surface area contributed by atoms with Crippen molar-refractivity contribution in [2.45, 2.75) is 6.61 Å². The lowest BCUT2D eigenvalue weighted by molar-refractivity contribution is 0.0698. The Morgan fingerprint density at radius 3 is 2.76 bits per heavy atom. The second kappa shape index (κ2) is 5.12. The van der Waals surface area contributed by atoms with Crippen molar-refractivity contribution in [1.29, 1.82) is 0 Å². The van der Waals surface area contributed by atoms with Crippen LogP contribution in [0, 0.1) is 0 Å². The molecule has 0 bridgehead atoms. The summed E-state index contributed by atoms with van der Waals surface area (Å²) >= 11 is 0. The molecule has 2 heterocycles. The van der Waals surface area contributed by atoms with Crippen molar-refractivity contribution in [3.05, 3.63) is 54.0 Å². The molecule has 2 N–H and O–H groups in total. The molecule has 7 nitrogen and oxygen atoms in total. The average Bonchev–Trinajstić information content (AvgIpc) is 2.89. The maximum absolute atomic E-state index is 11.1. The van der Waals surface area contributed by atoms with Crippen molar-refractivity contribution in [1.82, 2.24) is 14.6 Å². The van der Waals surface area contributed by atoms with E-state index in [1.807, 2.05) is 0 Å². The van der Waals surface area contributed by atoms with Gasteiger partial charge in [0.15, 0.2) is 23.0 Å². The fraction of sp³-hybridized carbons (Fsp3) is 0.0714. The molecule has 1 aromatic carbocycles. The highest BCUT2D eigenvalue weighted by molar-refractivity contribution is 5.94. The summed E-state index contributed by atoms with van der Waals surface area (Å²) in [7, 11) is 0. The standard InChI is InChI=1S/C14H11N3O4/c18-10-5-1-2-6-11(10)21-8-12-15-16-13-9(14(19)20)4-3-7-17(12)13/h1-7,18H,8H2,(H,19,20). The molecule has 0 aliphatic rings. The summed E-state index contributed by atoms with van der Waals surface area (Å²) in [5.41, 5.74) is 0.319. The van der Waals surface area contributed by atoms with Crippen molar-refractivity contribution in [3.63, 3.8) is 0 Å². The third-order valence-corrected chi connectivity index (χ3v) is 2.96. The normalized spacial score (nSPS) is 10.7. The highest BCUT2D eigenvalue weighted by Gasteiger charge is 2.14. The Balaban J connectivity index is 1.90. The fourth-order valence-electron chi connectivity index (χ4n) is 1.95. The smallest absolute Gasteiger partial charge is 0.339 e. The number of rotatable bonds is 4. The second-order valence-electron chi connectivity index (χ2n) is 4.29. The summed E-state index contributed by atoms with van der Waals surface area (Å²) in [5, 5.41) is 26.5. The summed E-state index contributed by atoms with van der Waals surface area (Å²) in [6.07, 6.45) is 1.66. The SMILES string of the molecule is O=C(O)c1cccn2c(COc3ccccc3O)nnc12. The third kappa shape index (κ3) is 2.36. The number of carboxylic acid groups (broad SMARTS) is 1. The number of fused-ring (bicyclic) bond motifs is 1. The molecule has 0 unspecified atom stereocenters. The summed E-state index contributed by atoms with van der Waals surface area (Å²) < 4.78 is 7.01. The molecule has 0 saturated carbocycles. The van der Waals surface area contributed by atoms with Gasteiger partial charge in [0.25, 0.3) is 0 Å². The van der Waals surface area contributed by atoms with Gasteiger partial charge in [0, 0.05) is 6.20 Å². The lowest BCUT2D eigenvalue weighted by atomic mass is 10.3. The van der Waals surface area contributed by atoms with Crippen LogP contribution in [0.4, 0.5) is 0 Å². The minimum atomic E-state index is -1.07. The van der Waals surface area contributed by atoms with E-state index < -0.39 is 5.97 Å². The van der Waals surface area contributed by atoms with Gasteiger partial charge in [0.05, 0.1) is 0 Å². The van der Waals surface area contributed by atoms with E-state index in [1.54, 1.807) is 34.9 Å². The van der Waals surface area contributed by atoms with Crippen LogP contribution in [0.25, 0.3) is 5.65 Å². The molecule has 0 saturated heterocycles. The molecule has 3 rings (SSSR count). The lowest BCUT2D eigenvalue weighted by Crippen LogP contribution is -2.04. The van der Waals surface area contributed by atoms with Crippen LogP contribution in [0.2, 0.25) is 0 Å². The van der Waals surface area contributed by atoms with Gasteiger partial charge in [-0.05, 0) is 24.3 Å². The van der Waals surface area contributed by atoms with E-state index in [0.717, 1.165) is 0 Å². The molecule has 0 spiro atoms. The second-order valence-corrected chi connectivity index (χ2v) is 4.29. The summed E-state index contributed by atoms with van der Waals surface area (Å²) in [5.74, 6) is -0.279. The van der Waals surface area contributed by atoms with Crippen LogP contribution in [0.15, 0.2) is 42.6 Å². The van der Waals surface area contributed by atoms with Crippen LogP contribution in [-0.4, -0.2) is 30.8 Å². The van der Waals surface area contributed by atoms with Gasteiger partial charge in [-0.15, -0.1) is 10.2 Å². The van der Waals surface area contributed by atoms with Crippen molar-refractivity contribution >= 4 is 11.6 Å². The quantitative estimate of drug-likeness (QED) is 0.757. The van der Waals surface area contributed by atoms with Gasteiger partial charge in [-0.25, -0.2) is 4.79 Å². The number of hydrogen-bond donors (Lipinski definition) is 2. The minimum absolute atomic E-state index is 0.0255. The van der Waals surface area contributed by atoms with Crippen molar-refractivity contribution < 1.29 is 19.7 Å². The Morgan fingerprint density at radius 1 is 1.19 bits per heavy atom. The molecule has 0 amide bonds.